The molecule has 1 saturated heterocycles. The van der Waals surface area contributed by atoms with E-state index in [2.05, 4.69) is 36.7 Å². The number of hydrogen-bond donors (Lipinski definition) is 1. The van der Waals surface area contributed by atoms with Crippen LogP contribution in [0.3, 0.4) is 0 Å². The van der Waals surface area contributed by atoms with Crippen molar-refractivity contribution in [3.05, 3.63) is 105 Å². The number of aliphatic hydroxyl groups excluding tert-OH is 1. The van der Waals surface area contributed by atoms with Gasteiger partial charge in [0.15, 0.2) is 0 Å². The van der Waals surface area contributed by atoms with Gasteiger partial charge in [-0.15, -0.1) is 0 Å². The average Bonchev–Trinajstić information content (AvgIpc) is 3.04. The second kappa shape index (κ2) is 8.64. The predicted molar refractivity (Wildman–Crippen MR) is 135 cm³/mol. The van der Waals surface area contributed by atoms with E-state index in [0.29, 0.717) is 11.3 Å². The van der Waals surface area contributed by atoms with Crippen molar-refractivity contribution in [2.75, 3.05) is 4.90 Å². The molecule has 0 spiro atoms. The van der Waals surface area contributed by atoms with Crippen molar-refractivity contribution in [1.29, 1.82) is 0 Å². The summed E-state index contributed by atoms with van der Waals surface area (Å²) < 4.78 is 0.794. The summed E-state index contributed by atoms with van der Waals surface area (Å²) >= 11 is 3.45. The molecule has 4 nitrogen and oxygen atoms in total. The van der Waals surface area contributed by atoms with E-state index in [0.717, 1.165) is 21.2 Å². The Morgan fingerprint density at radius 3 is 2.27 bits per heavy atom. The van der Waals surface area contributed by atoms with Crippen LogP contribution in [-0.4, -0.2) is 16.8 Å². The maximum atomic E-state index is 13.3. The van der Waals surface area contributed by atoms with E-state index in [1.165, 1.54) is 4.90 Å². The summed E-state index contributed by atoms with van der Waals surface area (Å²) in [7, 11) is 0. The molecule has 0 aromatic heterocycles. The van der Waals surface area contributed by atoms with Gasteiger partial charge in [0, 0.05) is 15.7 Å². The molecular weight excluding hydrogens is 478 g/mol. The number of benzene rings is 3. The lowest BCUT2D eigenvalue weighted by Crippen LogP contribution is -2.29. The molecule has 1 aliphatic rings. The minimum absolute atomic E-state index is 0.0975. The van der Waals surface area contributed by atoms with E-state index in [4.69, 9.17) is 0 Å². The van der Waals surface area contributed by atoms with Crippen LogP contribution in [0.25, 0.3) is 5.76 Å². The second-order valence-corrected chi connectivity index (χ2v) is 10.3. The molecule has 1 fully saturated rings. The Hall–Kier alpha value is -3.18. The first-order valence-corrected chi connectivity index (χ1v) is 11.6. The Bertz CT molecular complexity index is 1270. The highest BCUT2D eigenvalue weighted by Crippen LogP contribution is 2.43. The van der Waals surface area contributed by atoms with Crippen LogP contribution in [0.2, 0.25) is 0 Å². The van der Waals surface area contributed by atoms with Gasteiger partial charge >= 0.3 is 0 Å². The Labute approximate surface area is 202 Å². The molecule has 1 aliphatic heterocycles. The molecule has 1 unspecified atom stereocenters. The number of nitrogens with zero attached hydrogens (tertiary/aromatic N) is 1. The summed E-state index contributed by atoms with van der Waals surface area (Å²) in [5.41, 5.74) is 3.73. The van der Waals surface area contributed by atoms with Gasteiger partial charge in [-0.05, 0) is 53.3 Å². The number of aliphatic hydroxyl groups is 1. The van der Waals surface area contributed by atoms with Crippen molar-refractivity contribution in [3.63, 3.8) is 0 Å². The van der Waals surface area contributed by atoms with Gasteiger partial charge in [0.2, 0.25) is 0 Å². The lowest BCUT2D eigenvalue weighted by atomic mass is 9.84. The molecule has 168 valence electrons. The van der Waals surface area contributed by atoms with Gasteiger partial charge in [0.1, 0.15) is 5.76 Å². The van der Waals surface area contributed by atoms with Crippen molar-refractivity contribution in [1.82, 2.24) is 0 Å². The first-order valence-electron chi connectivity index (χ1n) is 10.8. The number of rotatable bonds is 3. The van der Waals surface area contributed by atoms with E-state index < -0.39 is 17.7 Å². The minimum Gasteiger partial charge on any atom is -0.507 e. The first-order chi connectivity index (χ1) is 15.6. The number of ketones is 1. The average molecular weight is 504 g/mol. The molecule has 1 N–H and O–H groups in total. The third-order valence-electron chi connectivity index (χ3n) is 6.00. The quantitative estimate of drug-likeness (QED) is 0.246. The molecule has 1 heterocycles. The zero-order valence-electron chi connectivity index (χ0n) is 19.1. The Morgan fingerprint density at radius 1 is 0.939 bits per heavy atom. The zero-order valence-corrected chi connectivity index (χ0v) is 20.7. The summed E-state index contributed by atoms with van der Waals surface area (Å²) in [5, 5.41) is 11.5. The van der Waals surface area contributed by atoms with Crippen molar-refractivity contribution in [2.45, 2.75) is 39.2 Å². The van der Waals surface area contributed by atoms with E-state index in [1.807, 2.05) is 67.6 Å². The van der Waals surface area contributed by atoms with Crippen LogP contribution >= 0.6 is 15.9 Å². The lowest BCUT2D eigenvalue weighted by molar-refractivity contribution is -0.132. The first kappa shape index (κ1) is 23.0. The Morgan fingerprint density at radius 2 is 1.64 bits per heavy atom. The molecular formula is C28H26BrNO3. The third-order valence-corrected chi connectivity index (χ3v) is 6.50. The van der Waals surface area contributed by atoms with Gasteiger partial charge < -0.3 is 5.11 Å². The van der Waals surface area contributed by atoms with E-state index >= 15 is 0 Å². The molecule has 1 amide bonds. The molecule has 5 heteroatoms. The highest BCUT2D eigenvalue weighted by atomic mass is 79.9. The van der Waals surface area contributed by atoms with Crippen LogP contribution in [0, 0.1) is 6.92 Å². The SMILES string of the molecule is Cc1ccc(C(C)(C)C)cc1/C(O)=C1\C(=O)C(=O)N(c2cccc(Br)c2)C1c1ccccc1. The summed E-state index contributed by atoms with van der Waals surface area (Å²) in [5.74, 6) is -1.50. The number of anilines is 1. The summed E-state index contributed by atoms with van der Waals surface area (Å²) in [6.45, 7) is 8.18. The largest absolute Gasteiger partial charge is 0.507 e. The highest BCUT2D eigenvalue weighted by Gasteiger charge is 2.47. The van der Waals surface area contributed by atoms with E-state index in [9.17, 15) is 14.7 Å². The molecule has 0 bridgehead atoms. The van der Waals surface area contributed by atoms with Crippen LogP contribution in [0.15, 0.2) is 82.8 Å². The number of halogens is 1. The maximum Gasteiger partial charge on any atom is 0.300 e. The minimum atomic E-state index is -0.738. The number of amides is 1. The van der Waals surface area contributed by atoms with Crippen LogP contribution in [-0.2, 0) is 15.0 Å². The zero-order chi connectivity index (χ0) is 23.9. The predicted octanol–water partition coefficient (Wildman–Crippen LogP) is 6.68. The normalized spacial score (nSPS) is 18.1. The molecule has 0 radical (unpaired) electrons. The van der Waals surface area contributed by atoms with Gasteiger partial charge in [0.05, 0.1) is 11.6 Å². The molecule has 3 aromatic carbocycles. The van der Waals surface area contributed by atoms with Gasteiger partial charge in [-0.2, -0.15) is 0 Å². The smallest absolute Gasteiger partial charge is 0.300 e. The van der Waals surface area contributed by atoms with Crippen LogP contribution in [0.5, 0.6) is 0 Å². The molecule has 4 rings (SSSR count). The molecule has 0 saturated carbocycles. The van der Waals surface area contributed by atoms with Gasteiger partial charge in [0.25, 0.3) is 11.7 Å². The van der Waals surface area contributed by atoms with Crippen molar-refractivity contribution >= 4 is 39.1 Å². The Balaban J connectivity index is 1.98. The van der Waals surface area contributed by atoms with E-state index in [1.54, 1.807) is 12.1 Å². The fourth-order valence-electron chi connectivity index (χ4n) is 4.16. The Kier molecular flexibility index (Phi) is 6.02. The lowest BCUT2D eigenvalue weighted by Gasteiger charge is -2.26. The van der Waals surface area contributed by atoms with Crippen LogP contribution in [0.4, 0.5) is 5.69 Å². The maximum absolute atomic E-state index is 13.3. The fourth-order valence-corrected chi connectivity index (χ4v) is 4.55. The van der Waals surface area contributed by atoms with Crippen molar-refractivity contribution < 1.29 is 14.7 Å². The van der Waals surface area contributed by atoms with Gasteiger partial charge in [-0.25, -0.2) is 0 Å². The van der Waals surface area contributed by atoms with Crippen molar-refractivity contribution in [2.24, 2.45) is 0 Å². The molecule has 33 heavy (non-hydrogen) atoms. The molecule has 1 atom stereocenters. The van der Waals surface area contributed by atoms with Gasteiger partial charge in [-0.1, -0.05) is 85.2 Å². The van der Waals surface area contributed by atoms with Crippen LogP contribution < -0.4 is 4.90 Å². The molecule has 3 aromatic rings. The number of hydrogen-bond acceptors (Lipinski definition) is 3. The highest BCUT2D eigenvalue weighted by molar-refractivity contribution is 9.10. The number of aryl methyl sites for hydroxylation is 1. The number of Topliss-reactive ketones (excluding diaryl/α,β-unsaturated/α-hetero) is 1. The summed E-state index contributed by atoms with van der Waals surface area (Å²) in [4.78, 5) is 28.1. The fraction of sp³-hybridized carbons (Fsp3) is 0.214. The second-order valence-electron chi connectivity index (χ2n) is 9.34. The topological polar surface area (TPSA) is 57.6 Å². The van der Waals surface area contributed by atoms with E-state index in [-0.39, 0.29) is 16.7 Å². The van der Waals surface area contributed by atoms with Crippen LogP contribution in [0.1, 0.15) is 49.1 Å². The van der Waals surface area contributed by atoms with Crippen molar-refractivity contribution in [3.8, 4) is 0 Å². The molecule has 0 aliphatic carbocycles. The summed E-state index contributed by atoms with van der Waals surface area (Å²) in [6, 6.07) is 21.8. The number of carbonyl (C=O) groups excluding carboxylic acids is 2. The summed E-state index contributed by atoms with van der Waals surface area (Å²) in [6.07, 6.45) is 0. The monoisotopic (exact) mass is 503 g/mol. The third kappa shape index (κ3) is 4.25. The standard InChI is InChI=1S/C28H26BrNO3/c1-17-13-14-19(28(2,3)4)15-22(17)25(31)23-24(18-9-6-5-7-10-18)30(27(33)26(23)32)21-12-8-11-20(29)16-21/h5-16,24,31H,1-4H3/b25-23+. The number of carbonyl (C=O) groups is 2. The van der Waals surface area contributed by atoms with Gasteiger partial charge in [-0.3, -0.25) is 14.5 Å².